The van der Waals surface area contributed by atoms with Crippen molar-refractivity contribution in [1.82, 2.24) is 10.3 Å². The van der Waals surface area contributed by atoms with E-state index in [0.717, 1.165) is 28.5 Å². The highest BCUT2D eigenvalue weighted by atomic mass is 16.6. The first-order valence-corrected chi connectivity index (χ1v) is 10.7. The summed E-state index contributed by atoms with van der Waals surface area (Å²) >= 11 is 0. The molecule has 0 saturated carbocycles. The van der Waals surface area contributed by atoms with Gasteiger partial charge in [0.25, 0.3) is 0 Å². The highest BCUT2D eigenvalue weighted by Gasteiger charge is 2.12. The lowest BCUT2D eigenvalue weighted by Crippen LogP contribution is -2.31. The second kappa shape index (κ2) is 11.7. The molecule has 0 aliphatic carbocycles. The molecule has 2 N–H and O–H groups in total. The Morgan fingerprint density at radius 3 is 2.71 bits per heavy atom. The average molecular weight is 420 g/mol. The number of hydrogen-bond donors (Lipinski definition) is 2. The van der Waals surface area contributed by atoms with Crippen molar-refractivity contribution in [3.63, 3.8) is 0 Å². The predicted octanol–water partition coefficient (Wildman–Crippen LogP) is 4.40. The van der Waals surface area contributed by atoms with E-state index in [0.29, 0.717) is 19.4 Å². The minimum atomic E-state index is -0.151. The summed E-state index contributed by atoms with van der Waals surface area (Å²) in [4.78, 5) is 32.9. The molecule has 1 aromatic heterocycles. The van der Waals surface area contributed by atoms with E-state index >= 15 is 0 Å². The summed E-state index contributed by atoms with van der Waals surface area (Å²) < 4.78 is 0. The number of carbonyl (C=O) groups excluding carboxylic acids is 2. The Kier molecular flexibility index (Phi) is 8.40. The highest BCUT2D eigenvalue weighted by Crippen LogP contribution is 2.19. The minimum Gasteiger partial charge on any atom is -0.391 e. The van der Waals surface area contributed by atoms with Gasteiger partial charge in [-0.05, 0) is 30.0 Å². The van der Waals surface area contributed by atoms with Crippen molar-refractivity contribution >= 4 is 28.8 Å². The summed E-state index contributed by atoms with van der Waals surface area (Å²) in [5, 5.41) is 7.86. The zero-order valence-electron chi connectivity index (χ0n) is 17.8. The molecule has 31 heavy (non-hydrogen) atoms. The lowest BCUT2D eigenvalue weighted by molar-refractivity contribution is -0.125. The van der Waals surface area contributed by atoms with Gasteiger partial charge in [-0.1, -0.05) is 60.6 Å². The third kappa shape index (κ3) is 7.10. The van der Waals surface area contributed by atoms with Gasteiger partial charge in [-0.2, -0.15) is 0 Å². The first-order valence-electron chi connectivity index (χ1n) is 10.7. The summed E-state index contributed by atoms with van der Waals surface area (Å²) in [5.74, 6) is -0.162. The zero-order valence-corrected chi connectivity index (χ0v) is 17.8. The highest BCUT2D eigenvalue weighted by molar-refractivity contribution is 5.88. The average Bonchev–Trinajstić information content (AvgIpc) is 3.22. The zero-order chi connectivity index (χ0) is 21.9. The third-order valence-corrected chi connectivity index (χ3v) is 5.22. The molecule has 0 aliphatic heterocycles. The van der Waals surface area contributed by atoms with Gasteiger partial charge >= 0.3 is 0 Å². The lowest BCUT2D eigenvalue weighted by Gasteiger charge is -2.09. The molecule has 0 aliphatic rings. The fourth-order valence-electron chi connectivity index (χ4n) is 3.33. The molecule has 1 heterocycles. The number of nitrogens with one attached hydrogen (secondary N) is 2. The molecule has 0 spiro atoms. The molecule has 3 rings (SSSR count). The maximum atomic E-state index is 12.2. The van der Waals surface area contributed by atoms with Crippen LogP contribution in [0.25, 0.3) is 10.9 Å². The van der Waals surface area contributed by atoms with Crippen LogP contribution < -0.4 is 5.32 Å². The first kappa shape index (κ1) is 22.3. The van der Waals surface area contributed by atoms with Crippen LogP contribution in [0.2, 0.25) is 0 Å². The number of aromatic amines is 1. The number of hydrogen-bond acceptors (Lipinski definition) is 4. The molecule has 0 saturated heterocycles. The van der Waals surface area contributed by atoms with Crippen LogP contribution in [0.1, 0.15) is 37.3 Å². The number of benzene rings is 2. The number of aromatic nitrogens is 1. The maximum Gasteiger partial charge on any atom is 0.221 e. The number of Topliss-reactive ketones (excluding diaryl/α,β-unsaturated/α-hetero) is 1. The van der Waals surface area contributed by atoms with Crippen LogP contribution in [0.15, 0.2) is 65.9 Å². The van der Waals surface area contributed by atoms with Crippen LogP contribution in [0, 0.1) is 5.92 Å². The van der Waals surface area contributed by atoms with E-state index in [2.05, 4.69) is 15.5 Å². The second-order valence-electron chi connectivity index (χ2n) is 7.56. The number of para-hydroxylation sites is 1. The van der Waals surface area contributed by atoms with Gasteiger partial charge in [-0.15, -0.1) is 0 Å². The Bertz CT molecular complexity index is 1010. The standard InChI is InChI=1S/C25H29N3O3/c1-2-19(15-28-31-18-20-8-4-3-5-9-20)14-25(30)27-17-22(29)13-12-21-16-26-24-11-7-6-10-23(21)24/h3-11,15-16,19,26H,2,12-14,17-18H2,1H3,(H,27,30)/b28-15+. The Labute approximate surface area is 182 Å². The van der Waals surface area contributed by atoms with Crippen molar-refractivity contribution in [2.45, 2.75) is 39.2 Å². The molecule has 6 nitrogen and oxygen atoms in total. The van der Waals surface area contributed by atoms with Crippen LogP contribution >= 0.6 is 0 Å². The predicted molar refractivity (Wildman–Crippen MR) is 123 cm³/mol. The fraction of sp³-hybridized carbons (Fsp3) is 0.320. The summed E-state index contributed by atoms with van der Waals surface area (Å²) in [7, 11) is 0. The molecule has 3 aromatic rings. The largest absolute Gasteiger partial charge is 0.391 e. The molecule has 162 valence electrons. The van der Waals surface area contributed by atoms with Crippen molar-refractivity contribution < 1.29 is 14.4 Å². The number of nitrogens with zero attached hydrogens (tertiary/aromatic N) is 1. The van der Waals surface area contributed by atoms with E-state index in [1.54, 1.807) is 6.21 Å². The van der Waals surface area contributed by atoms with Gasteiger partial charge in [0.05, 0.1) is 6.54 Å². The van der Waals surface area contributed by atoms with Gasteiger partial charge in [-0.25, -0.2) is 0 Å². The summed E-state index contributed by atoms with van der Waals surface area (Å²) in [6.07, 6.45) is 5.71. The van der Waals surface area contributed by atoms with Gasteiger partial charge in [0.2, 0.25) is 5.91 Å². The number of aryl methyl sites for hydroxylation is 1. The number of oxime groups is 1. The summed E-state index contributed by atoms with van der Waals surface area (Å²) in [5.41, 5.74) is 3.22. The van der Waals surface area contributed by atoms with Crippen LogP contribution in [0.4, 0.5) is 0 Å². The quantitative estimate of drug-likeness (QED) is 0.337. The Morgan fingerprint density at radius 2 is 1.90 bits per heavy atom. The minimum absolute atomic E-state index is 0.0199. The molecule has 1 atom stereocenters. The van der Waals surface area contributed by atoms with E-state index in [1.165, 1.54) is 0 Å². The molecule has 1 unspecified atom stereocenters. The van der Waals surface area contributed by atoms with Crippen molar-refractivity contribution in [2.24, 2.45) is 11.1 Å². The van der Waals surface area contributed by atoms with E-state index in [1.807, 2.05) is 67.7 Å². The van der Waals surface area contributed by atoms with Gasteiger partial charge in [0.1, 0.15) is 6.61 Å². The van der Waals surface area contributed by atoms with Gasteiger partial charge < -0.3 is 15.1 Å². The van der Waals surface area contributed by atoms with E-state index in [4.69, 9.17) is 4.84 Å². The van der Waals surface area contributed by atoms with Crippen molar-refractivity contribution in [1.29, 1.82) is 0 Å². The van der Waals surface area contributed by atoms with Crippen molar-refractivity contribution in [3.05, 3.63) is 71.9 Å². The van der Waals surface area contributed by atoms with Crippen LogP contribution in [-0.2, 0) is 27.5 Å². The number of amides is 1. The third-order valence-electron chi connectivity index (χ3n) is 5.22. The monoisotopic (exact) mass is 419 g/mol. The molecule has 0 bridgehead atoms. The number of fused-ring (bicyclic) bond motifs is 1. The van der Waals surface area contributed by atoms with Crippen LogP contribution in [-0.4, -0.2) is 29.4 Å². The Balaban J connectivity index is 1.35. The first-order chi connectivity index (χ1) is 15.2. The molecule has 2 aromatic carbocycles. The van der Waals surface area contributed by atoms with E-state index in [9.17, 15) is 9.59 Å². The molecule has 0 fully saturated rings. The topological polar surface area (TPSA) is 83.5 Å². The Morgan fingerprint density at radius 1 is 1.13 bits per heavy atom. The smallest absolute Gasteiger partial charge is 0.221 e. The molecule has 0 radical (unpaired) electrons. The summed E-state index contributed by atoms with van der Waals surface area (Å²) in [6.45, 7) is 2.44. The van der Waals surface area contributed by atoms with Gasteiger partial charge in [0.15, 0.2) is 5.78 Å². The molecule has 6 heteroatoms. The second-order valence-corrected chi connectivity index (χ2v) is 7.56. The number of carbonyl (C=O) groups is 2. The van der Waals surface area contributed by atoms with Crippen molar-refractivity contribution in [2.75, 3.05) is 6.54 Å². The van der Waals surface area contributed by atoms with Crippen LogP contribution in [0.3, 0.4) is 0 Å². The van der Waals surface area contributed by atoms with Crippen molar-refractivity contribution in [3.8, 4) is 0 Å². The van der Waals surface area contributed by atoms with E-state index < -0.39 is 0 Å². The maximum absolute atomic E-state index is 12.2. The van der Waals surface area contributed by atoms with Crippen LogP contribution in [0.5, 0.6) is 0 Å². The van der Waals surface area contributed by atoms with E-state index in [-0.39, 0.29) is 30.6 Å². The molecule has 1 amide bonds. The fourth-order valence-corrected chi connectivity index (χ4v) is 3.33. The molecular formula is C25H29N3O3. The normalized spacial score (nSPS) is 12.2. The SMILES string of the molecule is CCC(/C=N/OCc1ccccc1)CC(=O)NCC(=O)CCc1c[nH]c2ccccc12. The molecular weight excluding hydrogens is 390 g/mol. The number of H-pyrrole nitrogens is 1. The number of rotatable bonds is 12. The van der Waals surface area contributed by atoms with Gasteiger partial charge in [0, 0.05) is 42.1 Å². The lowest BCUT2D eigenvalue weighted by atomic mass is 10.0. The van der Waals surface area contributed by atoms with Gasteiger partial charge in [-0.3, -0.25) is 9.59 Å². The Hall–Kier alpha value is -3.41. The number of ketones is 1. The summed E-state index contributed by atoms with van der Waals surface area (Å²) in [6, 6.07) is 17.8.